The molecule has 0 unspecified atom stereocenters. The molecule has 4 rings (SSSR count). The van der Waals surface area contributed by atoms with E-state index in [4.69, 9.17) is 4.74 Å². The lowest BCUT2D eigenvalue weighted by Crippen LogP contribution is -2.58. The predicted octanol–water partition coefficient (Wildman–Crippen LogP) is 0.547. The second-order valence-corrected chi connectivity index (χ2v) is 8.16. The minimum atomic E-state index is -0.444. The lowest BCUT2D eigenvalue weighted by Gasteiger charge is -2.62. The highest BCUT2D eigenvalue weighted by atomic mass is 16.5. The summed E-state index contributed by atoms with van der Waals surface area (Å²) in [6.45, 7) is 8.95. The van der Waals surface area contributed by atoms with Crippen molar-refractivity contribution in [1.29, 1.82) is 0 Å². The Morgan fingerprint density at radius 2 is 2.20 bits per heavy atom. The highest BCUT2D eigenvalue weighted by Crippen LogP contribution is 2.61. The van der Waals surface area contributed by atoms with E-state index in [-0.39, 0.29) is 12.1 Å². The van der Waals surface area contributed by atoms with E-state index in [0.717, 1.165) is 23.9 Å². The van der Waals surface area contributed by atoms with Crippen molar-refractivity contribution < 1.29 is 9.53 Å². The van der Waals surface area contributed by atoms with Gasteiger partial charge in [-0.05, 0) is 42.9 Å². The lowest BCUT2D eigenvalue weighted by molar-refractivity contribution is -0.144. The first kappa shape index (κ1) is 18.0. The zero-order chi connectivity index (χ0) is 18.4. The molecule has 0 spiro atoms. The van der Waals surface area contributed by atoms with Gasteiger partial charge in [0.25, 0.3) is 5.56 Å². The molecule has 1 N–H and O–H groups in total. The summed E-state index contributed by atoms with van der Waals surface area (Å²) in [6, 6.07) is 0.373. The number of rotatable bonds is 5. The van der Waals surface area contributed by atoms with Crippen molar-refractivity contribution in [2.24, 2.45) is 23.2 Å². The van der Waals surface area contributed by atoms with E-state index >= 15 is 0 Å². The number of aromatic nitrogens is 2. The van der Waals surface area contributed by atoms with Gasteiger partial charge >= 0.3 is 5.97 Å². The first-order valence-corrected chi connectivity index (χ1v) is 9.24. The third kappa shape index (κ3) is 3.09. The highest BCUT2D eigenvalue weighted by Gasteiger charge is 2.56. The van der Waals surface area contributed by atoms with E-state index in [1.54, 1.807) is 21.0 Å². The van der Waals surface area contributed by atoms with E-state index in [9.17, 15) is 9.59 Å². The van der Waals surface area contributed by atoms with Gasteiger partial charge in [0, 0.05) is 11.5 Å². The van der Waals surface area contributed by atoms with Crippen LogP contribution in [0.2, 0.25) is 0 Å². The summed E-state index contributed by atoms with van der Waals surface area (Å²) in [6.07, 6.45) is 4.12. The fraction of sp³-hybridized carbons (Fsp3) is 0.722. The minimum absolute atomic E-state index is 0.147. The van der Waals surface area contributed by atoms with Gasteiger partial charge in [-0.1, -0.05) is 20.8 Å². The number of hydrogen-bond acceptors (Lipinski definition) is 5. The van der Waals surface area contributed by atoms with Crippen LogP contribution in [0.15, 0.2) is 11.0 Å². The van der Waals surface area contributed by atoms with Crippen molar-refractivity contribution in [2.75, 3.05) is 11.9 Å². The Hall–Kier alpha value is -1.79. The van der Waals surface area contributed by atoms with Crippen LogP contribution in [0.3, 0.4) is 0 Å². The quantitative estimate of drug-likeness (QED) is 0.623. The van der Waals surface area contributed by atoms with Crippen LogP contribution in [0, 0.1) is 23.2 Å². The second kappa shape index (κ2) is 6.50. The maximum absolute atomic E-state index is 12.5. The van der Waals surface area contributed by atoms with Gasteiger partial charge in [-0.25, -0.2) is 4.68 Å². The zero-order valence-corrected chi connectivity index (χ0v) is 15.8. The fourth-order valence-electron chi connectivity index (χ4n) is 4.71. The summed E-state index contributed by atoms with van der Waals surface area (Å²) in [5.74, 6) is 1.62. The van der Waals surface area contributed by atoms with E-state index in [0.29, 0.717) is 29.4 Å². The molecule has 25 heavy (non-hydrogen) atoms. The van der Waals surface area contributed by atoms with Gasteiger partial charge in [-0.3, -0.25) is 9.59 Å². The van der Waals surface area contributed by atoms with E-state index in [1.807, 2.05) is 0 Å². The SMILES string of the molecule is Bc1c(N[C@@H]2C[C@@H]3C[C@H]([C@H]2C)C3(C)C)cnn(CC(=O)OCC)c1=O. The number of carbonyl (C=O) groups is 1. The van der Waals surface area contributed by atoms with Gasteiger partial charge in [0.2, 0.25) is 0 Å². The number of ether oxygens (including phenoxy) is 1. The fourth-order valence-corrected chi connectivity index (χ4v) is 4.71. The van der Waals surface area contributed by atoms with Crippen molar-refractivity contribution in [3.8, 4) is 0 Å². The Balaban J connectivity index is 1.73. The van der Waals surface area contributed by atoms with Gasteiger partial charge in [0.05, 0.1) is 18.5 Å². The molecular weight excluding hydrogens is 317 g/mol. The van der Waals surface area contributed by atoms with Crippen LogP contribution in [-0.2, 0) is 16.1 Å². The number of nitrogens with one attached hydrogen (secondary N) is 1. The van der Waals surface area contributed by atoms with Crippen LogP contribution in [-0.4, -0.2) is 36.2 Å². The van der Waals surface area contributed by atoms with Crippen molar-refractivity contribution in [3.63, 3.8) is 0 Å². The average Bonchev–Trinajstić information content (AvgIpc) is 2.55. The number of nitrogens with zero attached hydrogens (tertiary/aromatic N) is 2. The third-order valence-electron chi connectivity index (χ3n) is 6.56. The summed E-state index contributed by atoms with van der Waals surface area (Å²) in [7, 11) is 1.78. The molecule has 0 aliphatic heterocycles. The molecule has 0 radical (unpaired) electrons. The number of carbonyl (C=O) groups excluding carboxylic acids is 1. The molecule has 3 saturated carbocycles. The summed E-state index contributed by atoms with van der Waals surface area (Å²) in [4.78, 5) is 24.1. The molecular formula is C18H28BN3O3. The van der Waals surface area contributed by atoms with Crippen LogP contribution in [0.1, 0.15) is 40.5 Å². The largest absolute Gasteiger partial charge is 0.465 e. The predicted molar refractivity (Wildman–Crippen MR) is 99.9 cm³/mol. The maximum Gasteiger partial charge on any atom is 0.327 e. The molecule has 0 saturated heterocycles. The molecule has 4 atom stereocenters. The molecule has 1 aromatic heterocycles. The molecule has 3 fully saturated rings. The molecule has 2 bridgehead atoms. The molecule has 3 aliphatic carbocycles. The van der Waals surface area contributed by atoms with E-state index < -0.39 is 5.97 Å². The van der Waals surface area contributed by atoms with Crippen LogP contribution in [0.5, 0.6) is 0 Å². The molecule has 0 amide bonds. The number of hydrogen-bond donors (Lipinski definition) is 1. The van der Waals surface area contributed by atoms with E-state index in [1.165, 1.54) is 11.1 Å². The van der Waals surface area contributed by atoms with Crippen LogP contribution in [0.4, 0.5) is 5.69 Å². The number of anilines is 1. The van der Waals surface area contributed by atoms with Gasteiger partial charge in [0.15, 0.2) is 0 Å². The van der Waals surface area contributed by atoms with Crippen molar-refractivity contribution >= 4 is 25.0 Å². The zero-order valence-electron chi connectivity index (χ0n) is 15.8. The monoisotopic (exact) mass is 345 g/mol. The van der Waals surface area contributed by atoms with E-state index in [2.05, 4.69) is 31.2 Å². The van der Waals surface area contributed by atoms with Crippen LogP contribution < -0.4 is 16.3 Å². The van der Waals surface area contributed by atoms with Gasteiger partial charge in [-0.2, -0.15) is 5.10 Å². The lowest BCUT2D eigenvalue weighted by atomic mass is 9.44. The Bertz CT molecular complexity index is 731. The molecule has 7 heteroatoms. The van der Waals surface area contributed by atoms with Crippen molar-refractivity contribution in [2.45, 2.75) is 53.1 Å². The standard InChI is InChI=1S/C18H28BN3O3/c1-5-25-15(23)9-22-17(24)16(19)14(8-20-22)21-13-7-11-6-12(10(13)2)18(11,3)4/h8,10-13,21H,5-7,9,19H2,1-4H3/t10-,11+,12-,13-/m1/s1. The second-order valence-electron chi connectivity index (χ2n) is 8.16. The molecule has 1 heterocycles. The first-order valence-electron chi connectivity index (χ1n) is 9.24. The highest BCUT2D eigenvalue weighted by molar-refractivity contribution is 6.35. The number of fused-ring (bicyclic) bond motifs is 2. The van der Waals surface area contributed by atoms with Crippen LogP contribution in [0.25, 0.3) is 0 Å². The van der Waals surface area contributed by atoms with Crippen molar-refractivity contribution in [1.82, 2.24) is 9.78 Å². The van der Waals surface area contributed by atoms with Gasteiger partial charge in [0.1, 0.15) is 14.4 Å². The summed E-state index contributed by atoms with van der Waals surface area (Å²) < 4.78 is 6.06. The summed E-state index contributed by atoms with van der Waals surface area (Å²) in [5, 5.41) is 7.70. The molecule has 0 aromatic carbocycles. The molecule has 6 nitrogen and oxygen atoms in total. The Labute approximate surface area is 149 Å². The topological polar surface area (TPSA) is 73.2 Å². The minimum Gasteiger partial charge on any atom is -0.465 e. The normalized spacial score (nSPS) is 29.6. The third-order valence-corrected chi connectivity index (χ3v) is 6.56. The van der Waals surface area contributed by atoms with Crippen LogP contribution >= 0.6 is 0 Å². The molecule has 136 valence electrons. The first-order chi connectivity index (χ1) is 11.8. The summed E-state index contributed by atoms with van der Waals surface area (Å²) in [5.41, 5.74) is 1.58. The Morgan fingerprint density at radius 3 is 2.80 bits per heavy atom. The maximum atomic E-state index is 12.5. The summed E-state index contributed by atoms with van der Waals surface area (Å²) >= 11 is 0. The average molecular weight is 345 g/mol. The van der Waals surface area contributed by atoms with Gasteiger partial charge < -0.3 is 10.1 Å². The molecule has 1 aromatic rings. The van der Waals surface area contributed by atoms with Gasteiger partial charge in [-0.15, -0.1) is 0 Å². The van der Waals surface area contributed by atoms with Crippen molar-refractivity contribution in [3.05, 3.63) is 16.6 Å². The molecule has 3 aliphatic rings. The number of esters is 1. The Morgan fingerprint density at radius 1 is 1.48 bits per heavy atom. The smallest absolute Gasteiger partial charge is 0.327 e. The Kier molecular flexibility index (Phi) is 4.69.